The lowest BCUT2D eigenvalue weighted by molar-refractivity contribution is -0.228. The molecule has 2 heteroatoms. The first-order chi connectivity index (χ1) is 7.72. The van der Waals surface area contributed by atoms with Crippen LogP contribution >= 0.6 is 0 Å². The number of methoxy groups -OCH3 is 1. The monoisotopic (exact) mass is 236 g/mol. The zero-order valence-electron chi connectivity index (χ0n) is 11.9. The number of hydrogen-bond donors (Lipinski definition) is 0. The van der Waals surface area contributed by atoms with Gasteiger partial charge < -0.3 is 9.47 Å². The van der Waals surface area contributed by atoms with E-state index in [1.807, 2.05) is 13.8 Å². The highest BCUT2D eigenvalue weighted by Crippen LogP contribution is 2.41. The first-order valence-electron chi connectivity index (χ1n) is 6.11. The molecule has 0 aromatic carbocycles. The van der Waals surface area contributed by atoms with E-state index in [9.17, 15) is 0 Å². The van der Waals surface area contributed by atoms with Gasteiger partial charge in [0.25, 0.3) is 0 Å². The molecule has 0 bridgehead atoms. The first-order valence-corrected chi connectivity index (χ1v) is 6.11. The van der Waals surface area contributed by atoms with Crippen molar-refractivity contribution in [2.45, 2.75) is 59.4 Å². The average Bonchev–Trinajstić information content (AvgIpc) is 2.15. The fourth-order valence-corrected chi connectivity index (χ4v) is 2.62. The van der Waals surface area contributed by atoms with Crippen LogP contribution in [0, 0.1) is 17.8 Å². The molecule has 1 rings (SSSR count). The highest BCUT2D eigenvalue weighted by molar-refractivity contribution is 5.38. The molecule has 0 fully saturated rings. The van der Waals surface area contributed by atoms with Crippen LogP contribution in [-0.4, -0.2) is 19.0 Å². The van der Waals surface area contributed by atoms with Crippen molar-refractivity contribution >= 4 is 0 Å². The van der Waals surface area contributed by atoms with Crippen LogP contribution in [-0.2, 0) is 9.47 Å². The van der Waals surface area contributed by atoms with E-state index < -0.39 is 5.79 Å². The Kier molecular flexibility index (Phi) is 4.06. The molecule has 1 aliphatic rings. The Morgan fingerprint density at radius 1 is 1.41 bits per heavy atom. The molecule has 0 heterocycles. The summed E-state index contributed by atoms with van der Waals surface area (Å²) in [4.78, 5) is 0. The molecule has 0 aromatic rings. The van der Waals surface area contributed by atoms with Gasteiger partial charge in [0.1, 0.15) is 0 Å². The van der Waals surface area contributed by atoms with Gasteiger partial charge in [-0.2, -0.15) is 0 Å². The summed E-state index contributed by atoms with van der Waals surface area (Å²) in [7, 11) is 1.67. The molecule has 1 atom stereocenters. The summed E-state index contributed by atoms with van der Waals surface area (Å²) in [6, 6.07) is 0. The van der Waals surface area contributed by atoms with Gasteiger partial charge in [0.15, 0.2) is 5.79 Å². The fourth-order valence-electron chi connectivity index (χ4n) is 2.62. The quantitative estimate of drug-likeness (QED) is 0.551. The van der Waals surface area contributed by atoms with Crippen LogP contribution in [0.1, 0.15) is 47.5 Å². The third kappa shape index (κ3) is 3.34. The van der Waals surface area contributed by atoms with E-state index in [1.165, 1.54) is 5.57 Å². The summed E-state index contributed by atoms with van der Waals surface area (Å²) < 4.78 is 11.3. The Labute approximate surface area is 105 Å². The topological polar surface area (TPSA) is 18.5 Å². The third-order valence-corrected chi connectivity index (χ3v) is 3.46. The number of ether oxygens (including phenoxy) is 2. The molecule has 1 aliphatic carbocycles. The summed E-state index contributed by atoms with van der Waals surface area (Å²) in [5.41, 5.74) is 2.42. The maximum absolute atomic E-state index is 6.00. The predicted octanol–water partition coefficient (Wildman–Crippen LogP) is 3.52. The molecule has 0 saturated carbocycles. The standard InChI is InChI=1S/C15H24O2/c1-8-13-11(2)9-12(10-14(13,3)4)17-15(5,6)16-7/h1,12H,9-10H2,2-7H3. The number of rotatable bonds is 3. The Morgan fingerprint density at radius 2 is 2.00 bits per heavy atom. The fraction of sp³-hybridized carbons (Fsp3) is 0.733. The molecule has 0 aliphatic heterocycles. The number of hydrogen-bond acceptors (Lipinski definition) is 2. The maximum atomic E-state index is 6.00. The van der Waals surface area contributed by atoms with Crippen LogP contribution in [0.3, 0.4) is 0 Å². The van der Waals surface area contributed by atoms with Crippen molar-refractivity contribution in [1.82, 2.24) is 0 Å². The molecule has 0 N–H and O–H groups in total. The van der Waals surface area contributed by atoms with Gasteiger partial charge in [-0.3, -0.25) is 0 Å². The van der Waals surface area contributed by atoms with Gasteiger partial charge in [0.05, 0.1) is 6.10 Å². The summed E-state index contributed by atoms with van der Waals surface area (Å²) in [6.07, 6.45) is 7.61. The lowest BCUT2D eigenvalue weighted by Gasteiger charge is -2.39. The molecule has 0 amide bonds. The largest absolute Gasteiger partial charge is 0.354 e. The van der Waals surface area contributed by atoms with Crippen molar-refractivity contribution in [3.8, 4) is 12.3 Å². The molecule has 0 saturated heterocycles. The average molecular weight is 236 g/mol. The van der Waals surface area contributed by atoms with Gasteiger partial charge in [0.2, 0.25) is 0 Å². The smallest absolute Gasteiger partial charge is 0.162 e. The molecule has 1 unspecified atom stereocenters. The summed E-state index contributed by atoms with van der Waals surface area (Å²) in [5.74, 6) is 2.30. The lowest BCUT2D eigenvalue weighted by Crippen LogP contribution is -2.38. The minimum absolute atomic E-state index is 0.0194. The van der Waals surface area contributed by atoms with Crippen molar-refractivity contribution < 1.29 is 9.47 Å². The second-order valence-corrected chi connectivity index (χ2v) is 5.94. The van der Waals surface area contributed by atoms with E-state index in [0.717, 1.165) is 18.4 Å². The number of terminal acetylenes is 1. The van der Waals surface area contributed by atoms with Crippen LogP contribution in [0.25, 0.3) is 0 Å². The van der Waals surface area contributed by atoms with Crippen LogP contribution < -0.4 is 0 Å². The minimum atomic E-state index is -0.533. The zero-order chi connectivity index (χ0) is 13.3. The van der Waals surface area contributed by atoms with Crippen molar-refractivity contribution in [1.29, 1.82) is 0 Å². The summed E-state index contributed by atoms with van der Waals surface area (Å²) in [5, 5.41) is 0. The first kappa shape index (κ1) is 14.3. The lowest BCUT2D eigenvalue weighted by atomic mass is 9.72. The Balaban J connectivity index is 2.86. The molecule has 0 radical (unpaired) electrons. The van der Waals surface area contributed by atoms with Gasteiger partial charge in [-0.25, -0.2) is 0 Å². The second-order valence-electron chi connectivity index (χ2n) is 5.94. The van der Waals surface area contributed by atoms with Crippen molar-refractivity contribution in [2.75, 3.05) is 7.11 Å². The third-order valence-electron chi connectivity index (χ3n) is 3.46. The van der Waals surface area contributed by atoms with Crippen molar-refractivity contribution in [3.63, 3.8) is 0 Å². The molecule has 96 valence electrons. The zero-order valence-corrected chi connectivity index (χ0v) is 11.9. The molecule has 0 aromatic heterocycles. The van der Waals surface area contributed by atoms with Gasteiger partial charge in [-0.15, -0.1) is 6.42 Å². The Morgan fingerprint density at radius 3 is 2.41 bits per heavy atom. The summed E-state index contributed by atoms with van der Waals surface area (Å²) in [6.45, 7) is 10.3. The highest BCUT2D eigenvalue weighted by atomic mass is 16.7. The van der Waals surface area contributed by atoms with Crippen LogP contribution in [0.2, 0.25) is 0 Å². The summed E-state index contributed by atoms with van der Waals surface area (Å²) >= 11 is 0. The van der Waals surface area contributed by atoms with Crippen LogP contribution in [0.4, 0.5) is 0 Å². The van der Waals surface area contributed by atoms with Crippen molar-refractivity contribution in [3.05, 3.63) is 11.1 Å². The van der Waals surface area contributed by atoms with Crippen LogP contribution in [0.15, 0.2) is 11.1 Å². The molecule has 0 spiro atoms. The second kappa shape index (κ2) is 4.84. The number of allylic oxidation sites excluding steroid dienone is 1. The van der Waals surface area contributed by atoms with Gasteiger partial charge in [-0.1, -0.05) is 25.3 Å². The van der Waals surface area contributed by atoms with Gasteiger partial charge in [-0.05, 0) is 33.6 Å². The van der Waals surface area contributed by atoms with Crippen LogP contribution in [0.5, 0.6) is 0 Å². The van der Waals surface area contributed by atoms with E-state index >= 15 is 0 Å². The van der Waals surface area contributed by atoms with E-state index in [2.05, 4.69) is 26.7 Å². The SMILES string of the molecule is C#CC1=C(C)CC(OC(C)(C)OC)CC1(C)C. The highest BCUT2D eigenvalue weighted by Gasteiger charge is 2.35. The molecular weight excluding hydrogens is 212 g/mol. The van der Waals surface area contributed by atoms with E-state index in [4.69, 9.17) is 15.9 Å². The Hall–Kier alpha value is -0.780. The van der Waals surface area contributed by atoms with E-state index in [0.29, 0.717) is 0 Å². The van der Waals surface area contributed by atoms with E-state index in [1.54, 1.807) is 7.11 Å². The Bertz CT molecular complexity index is 356. The van der Waals surface area contributed by atoms with Gasteiger partial charge >= 0.3 is 0 Å². The minimum Gasteiger partial charge on any atom is -0.354 e. The predicted molar refractivity (Wildman–Crippen MR) is 70.5 cm³/mol. The van der Waals surface area contributed by atoms with E-state index in [-0.39, 0.29) is 11.5 Å². The molecule has 17 heavy (non-hydrogen) atoms. The molecular formula is C15H24O2. The molecule has 2 nitrogen and oxygen atoms in total. The maximum Gasteiger partial charge on any atom is 0.162 e. The van der Waals surface area contributed by atoms with Gasteiger partial charge in [0, 0.05) is 18.1 Å². The normalized spacial score (nSPS) is 24.6. The van der Waals surface area contributed by atoms with Crippen molar-refractivity contribution in [2.24, 2.45) is 5.41 Å².